The number of hydrogen-bond acceptors (Lipinski definition) is 7. The molecule has 2 aliphatic heterocycles. The number of benzene rings is 2. The van der Waals surface area contributed by atoms with Gasteiger partial charge in [0.2, 0.25) is 0 Å². The number of nitrogens with zero attached hydrogens (tertiary/aromatic N) is 4. The summed E-state index contributed by atoms with van der Waals surface area (Å²) >= 11 is 0. The van der Waals surface area contributed by atoms with Gasteiger partial charge in [-0.15, -0.1) is 0 Å². The number of piperazine rings is 1. The molecule has 1 aromatic heterocycles. The Morgan fingerprint density at radius 1 is 0.857 bits per heavy atom. The number of aromatic nitrogens is 1. The van der Waals surface area contributed by atoms with Crippen molar-refractivity contribution in [3.63, 3.8) is 0 Å². The number of likely N-dealkylation sites (tertiary alicyclic amines) is 1. The third-order valence-electron chi connectivity index (χ3n) is 8.34. The fraction of sp³-hybridized carbons (Fsp3) is 0.486. The average Bonchev–Trinajstić information content (AvgIpc) is 3.31. The zero-order chi connectivity index (χ0) is 29.0. The maximum Gasteiger partial charge on any atom is 0.330 e. The van der Waals surface area contributed by atoms with Crippen molar-refractivity contribution in [1.82, 2.24) is 14.8 Å². The van der Waals surface area contributed by atoms with Gasteiger partial charge in [0, 0.05) is 50.7 Å². The second-order valence-corrected chi connectivity index (χ2v) is 11.4. The number of esters is 1. The van der Waals surface area contributed by atoms with Crippen molar-refractivity contribution in [3.8, 4) is 5.75 Å². The van der Waals surface area contributed by atoms with E-state index in [1.807, 2.05) is 6.07 Å². The molecule has 0 aliphatic carbocycles. The third-order valence-corrected chi connectivity index (χ3v) is 8.34. The molecule has 0 bridgehead atoms. The van der Waals surface area contributed by atoms with E-state index in [4.69, 9.17) is 14.5 Å². The van der Waals surface area contributed by atoms with E-state index in [0.717, 1.165) is 86.8 Å². The molecule has 2 saturated heterocycles. The summed E-state index contributed by atoms with van der Waals surface area (Å²) in [6.45, 7) is 11.7. The Morgan fingerprint density at radius 3 is 2.38 bits per heavy atom. The molecule has 0 atom stereocenters. The van der Waals surface area contributed by atoms with E-state index in [-0.39, 0.29) is 5.97 Å². The first-order valence-electron chi connectivity index (χ1n) is 15.8. The van der Waals surface area contributed by atoms with Crippen LogP contribution in [0.25, 0.3) is 17.0 Å². The van der Waals surface area contributed by atoms with Gasteiger partial charge >= 0.3 is 5.97 Å². The number of carbonyl (C=O) groups excluding carboxylic acids is 1. The van der Waals surface area contributed by atoms with Crippen molar-refractivity contribution in [1.29, 1.82) is 0 Å². The minimum atomic E-state index is -0.345. The molecular formula is C35H46N4O3. The van der Waals surface area contributed by atoms with Crippen LogP contribution in [-0.2, 0) is 16.0 Å². The number of hydrogen-bond donors (Lipinski definition) is 0. The van der Waals surface area contributed by atoms with Crippen LogP contribution in [0, 0.1) is 0 Å². The van der Waals surface area contributed by atoms with Gasteiger partial charge in [-0.05, 0) is 81.6 Å². The van der Waals surface area contributed by atoms with Gasteiger partial charge in [0.05, 0.1) is 30.1 Å². The summed E-state index contributed by atoms with van der Waals surface area (Å²) in [5.74, 6) is 0.633. The van der Waals surface area contributed by atoms with Crippen molar-refractivity contribution in [2.24, 2.45) is 0 Å². The Balaban J connectivity index is 1.06. The number of pyridine rings is 1. The van der Waals surface area contributed by atoms with Crippen LogP contribution in [0.4, 0.5) is 5.69 Å². The molecule has 7 heteroatoms. The topological polar surface area (TPSA) is 58.1 Å². The van der Waals surface area contributed by atoms with Crippen LogP contribution in [-0.4, -0.2) is 86.3 Å². The summed E-state index contributed by atoms with van der Waals surface area (Å²) in [7, 11) is 0. The molecule has 0 saturated carbocycles. The smallest absolute Gasteiger partial charge is 0.330 e. The zero-order valence-corrected chi connectivity index (χ0v) is 25.2. The van der Waals surface area contributed by atoms with Gasteiger partial charge in [-0.2, -0.15) is 0 Å². The molecule has 42 heavy (non-hydrogen) atoms. The summed E-state index contributed by atoms with van der Waals surface area (Å²) in [6.07, 6.45) is 10.8. The molecule has 2 fully saturated rings. The quantitative estimate of drug-likeness (QED) is 0.155. The monoisotopic (exact) mass is 570 g/mol. The molecule has 0 N–H and O–H groups in total. The van der Waals surface area contributed by atoms with E-state index in [1.165, 1.54) is 50.4 Å². The predicted octanol–water partition coefficient (Wildman–Crippen LogP) is 5.82. The lowest BCUT2D eigenvalue weighted by atomic mass is 10.1. The van der Waals surface area contributed by atoms with Gasteiger partial charge in [0.1, 0.15) is 5.75 Å². The number of anilines is 1. The molecule has 2 aromatic carbocycles. The summed E-state index contributed by atoms with van der Waals surface area (Å²) in [5, 5.41) is 1.10. The Bertz CT molecular complexity index is 1290. The Morgan fingerprint density at radius 2 is 1.62 bits per heavy atom. The molecular weight excluding hydrogens is 524 g/mol. The lowest BCUT2D eigenvalue weighted by molar-refractivity contribution is -0.137. The first-order valence-corrected chi connectivity index (χ1v) is 15.8. The van der Waals surface area contributed by atoms with E-state index in [0.29, 0.717) is 6.61 Å². The highest BCUT2D eigenvalue weighted by Crippen LogP contribution is 2.27. The third kappa shape index (κ3) is 8.79. The van der Waals surface area contributed by atoms with Crippen LogP contribution in [0.2, 0.25) is 0 Å². The van der Waals surface area contributed by atoms with Gasteiger partial charge in [-0.1, -0.05) is 43.2 Å². The Labute approximate surface area is 251 Å². The second kappa shape index (κ2) is 15.7. The number of fused-ring (bicyclic) bond motifs is 1. The van der Waals surface area contributed by atoms with Crippen LogP contribution in [0.15, 0.2) is 60.7 Å². The molecule has 7 nitrogen and oxygen atoms in total. The van der Waals surface area contributed by atoms with Crippen LogP contribution < -0.4 is 9.64 Å². The largest absolute Gasteiger partial charge is 0.494 e. The van der Waals surface area contributed by atoms with Crippen LogP contribution in [0.1, 0.15) is 50.3 Å². The van der Waals surface area contributed by atoms with Crippen molar-refractivity contribution in [3.05, 3.63) is 71.9 Å². The van der Waals surface area contributed by atoms with Gasteiger partial charge in [-0.3, -0.25) is 4.90 Å². The average molecular weight is 571 g/mol. The highest BCUT2D eigenvalue weighted by atomic mass is 16.5. The molecule has 0 spiro atoms. The highest BCUT2D eigenvalue weighted by Gasteiger charge is 2.19. The van der Waals surface area contributed by atoms with Gasteiger partial charge < -0.3 is 19.3 Å². The van der Waals surface area contributed by atoms with E-state index in [2.05, 4.69) is 63.2 Å². The Kier molecular flexibility index (Phi) is 11.2. The SMILES string of the molecule is CCOC(=O)/C=C/c1ccc2cccc(N3CCN(CCc4ccc(OCCCN5CCCCCC5)cc4)CC3)c2n1. The summed E-state index contributed by atoms with van der Waals surface area (Å²) in [4.78, 5) is 24.2. The summed E-state index contributed by atoms with van der Waals surface area (Å²) in [6, 6.07) is 19.0. The number of rotatable bonds is 12. The molecule has 0 radical (unpaired) electrons. The van der Waals surface area contributed by atoms with Crippen LogP contribution in [0.3, 0.4) is 0 Å². The molecule has 3 aromatic rings. The fourth-order valence-electron chi connectivity index (χ4n) is 5.93. The normalized spacial score (nSPS) is 17.0. The van der Waals surface area contributed by atoms with E-state index >= 15 is 0 Å². The predicted molar refractivity (Wildman–Crippen MR) is 171 cm³/mol. The van der Waals surface area contributed by atoms with Crippen LogP contribution >= 0.6 is 0 Å². The maximum atomic E-state index is 11.7. The maximum absolute atomic E-state index is 11.7. The second-order valence-electron chi connectivity index (χ2n) is 11.4. The molecule has 0 unspecified atom stereocenters. The minimum Gasteiger partial charge on any atom is -0.494 e. The molecule has 2 aliphatic rings. The van der Waals surface area contributed by atoms with Gasteiger partial charge in [0.25, 0.3) is 0 Å². The number of para-hydroxylation sites is 1. The Hall–Kier alpha value is -3.42. The lowest BCUT2D eigenvalue weighted by Gasteiger charge is -2.36. The van der Waals surface area contributed by atoms with Crippen molar-refractivity contribution < 1.29 is 14.3 Å². The summed E-state index contributed by atoms with van der Waals surface area (Å²) in [5.41, 5.74) is 4.24. The molecule has 3 heterocycles. The highest BCUT2D eigenvalue weighted by molar-refractivity contribution is 5.92. The number of carbonyl (C=O) groups is 1. The van der Waals surface area contributed by atoms with Crippen molar-refractivity contribution >= 4 is 28.6 Å². The lowest BCUT2D eigenvalue weighted by Crippen LogP contribution is -2.47. The molecule has 224 valence electrons. The van der Waals surface area contributed by atoms with E-state index in [9.17, 15) is 4.79 Å². The van der Waals surface area contributed by atoms with E-state index in [1.54, 1.807) is 13.0 Å². The van der Waals surface area contributed by atoms with E-state index < -0.39 is 0 Å². The van der Waals surface area contributed by atoms with Crippen LogP contribution in [0.5, 0.6) is 5.75 Å². The first-order chi connectivity index (χ1) is 20.7. The van der Waals surface area contributed by atoms with Gasteiger partial charge in [0.15, 0.2) is 0 Å². The summed E-state index contributed by atoms with van der Waals surface area (Å²) < 4.78 is 11.0. The van der Waals surface area contributed by atoms with Crippen molar-refractivity contribution in [2.45, 2.75) is 45.4 Å². The standard InChI is InChI=1S/C35H46N4O3/c1-2-41-34(40)18-15-31-14-13-30-9-7-10-33(35(30)36-31)39-26-24-38(25-27-39)23-19-29-11-16-32(17-12-29)42-28-8-22-37-20-5-3-4-6-21-37/h7,9-18H,2-6,8,19-28H2,1H3/b18-15+. The number of ether oxygens (including phenoxy) is 2. The minimum absolute atomic E-state index is 0.345. The van der Waals surface area contributed by atoms with Gasteiger partial charge in [-0.25, -0.2) is 9.78 Å². The molecule has 5 rings (SSSR count). The van der Waals surface area contributed by atoms with Crippen molar-refractivity contribution in [2.75, 3.05) is 70.5 Å². The molecule has 0 amide bonds. The first kappa shape index (κ1) is 30.1. The fourth-order valence-corrected chi connectivity index (χ4v) is 5.93. The zero-order valence-electron chi connectivity index (χ0n) is 25.2.